The summed E-state index contributed by atoms with van der Waals surface area (Å²) >= 11 is 0. The maximum atomic E-state index is 5.83. The van der Waals surface area contributed by atoms with Gasteiger partial charge < -0.3 is 10.1 Å². The Hall–Kier alpha value is -0.940. The highest BCUT2D eigenvalue weighted by atomic mass is 16.5. The molecule has 1 aliphatic heterocycles. The zero-order valence-electron chi connectivity index (χ0n) is 10.0. The Kier molecular flexibility index (Phi) is 3.90. The van der Waals surface area contributed by atoms with Crippen LogP contribution in [0.1, 0.15) is 38.6 Å². The van der Waals surface area contributed by atoms with Crippen LogP contribution in [0.15, 0.2) is 6.33 Å². The molecule has 1 N–H and O–H groups in total. The van der Waals surface area contributed by atoms with E-state index < -0.39 is 0 Å². The van der Waals surface area contributed by atoms with Crippen molar-refractivity contribution in [2.75, 3.05) is 13.1 Å². The van der Waals surface area contributed by atoms with Gasteiger partial charge in [-0.2, -0.15) is 5.10 Å². The number of hydrogen-bond acceptors (Lipinski definition) is 4. The molecule has 0 saturated carbocycles. The number of rotatable bonds is 4. The minimum absolute atomic E-state index is 0.325. The Morgan fingerprint density at radius 2 is 2.50 bits per heavy atom. The lowest BCUT2D eigenvalue weighted by atomic mass is 10.1. The second kappa shape index (κ2) is 5.41. The van der Waals surface area contributed by atoms with Crippen LogP contribution in [0.3, 0.4) is 0 Å². The minimum atomic E-state index is 0.325. The van der Waals surface area contributed by atoms with Gasteiger partial charge in [0.05, 0.1) is 6.10 Å². The van der Waals surface area contributed by atoms with Crippen molar-refractivity contribution in [1.82, 2.24) is 20.1 Å². The summed E-state index contributed by atoms with van der Waals surface area (Å²) < 4.78 is 7.75. The van der Waals surface area contributed by atoms with Crippen molar-refractivity contribution >= 4 is 0 Å². The molecular weight excluding hydrogens is 204 g/mol. The first-order valence-electron chi connectivity index (χ1n) is 5.98. The fourth-order valence-corrected chi connectivity index (χ4v) is 1.96. The molecule has 16 heavy (non-hydrogen) atoms. The molecule has 0 spiro atoms. The highest BCUT2D eigenvalue weighted by Gasteiger charge is 2.15. The van der Waals surface area contributed by atoms with Gasteiger partial charge in [0.25, 0.3) is 0 Å². The Morgan fingerprint density at radius 1 is 1.62 bits per heavy atom. The van der Waals surface area contributed by atoms with E-state index in [1.165, 1.54) is 6.42 Å². The molecule has 90 valence electrons. The molecule has 0 aliphatic carbocycles. The van der Waals surface area contributed by atoms with Crippen molar-refractivity contribution < 1.29 is 4.74 Å². The van der Waals surface area contributed by atoms with Crippen LogP contribution in [-0.2, 0) is 11.3 Å². The maximum Gasteiger partial charge on any atom is 0.153 e. The normalized spacial score (nSPS) is 21.6. The largest absolute Gasteiger partial charge is 0.369 e. The first-order valence-corrected chi connectivity index (χ1v) is 5.98. The minimum Gasteiger partial charge on any atom is -0.369 e. The van der Waals surface area contributed by atoms with Gasteiger partial charge in [0.2, 0.25) is 0 Å². The third-order valence-corrected chi connectivity index (χ3v) is 2.84. The number of aromatic nitrogens is 3. The van der Waals surface area contributed by atoms with Crippen LogP contribution in [0.2, 0.25) is 0 Å². The summed E-state index contributed by atoms with van der Waals surface area (Å²) in [5.41, 5.74) is 0. The lowest BCUT2D eigenvalue weighted by molar-refractivity contribution is 0.0196. The van der Waals surface area contributed by atoms with Gasteiger partial charge in [-0.25, -0.2) is 9.67 Å². The summed E-state index contributed by atoms with van der Waals surface area (Å²) in [5, 5.41) is 7.52. The molecule has 5 nitrogen and oxygen atoms in total. The Balaban J connectivity index is 1.86. The van der Waals surface area contributed by atoms with Crippen molar-refractivity contribution in [1.29, 1.82) is 0 Å². The predicted octanol–water partition coefficient (Wildman–Crippen LogP) is 1.13. The maximum absolute atomic E-state index is 5.83. The summed E-state index contributed by atoms with van der Waals surface area (Å²) in [5.74, 6) is 0.917. The van der Waals surface area contributed by atoms with Crippen molar-refractivity contribution in [3.63, 3.8) is 0 Å². The summed E-state index contributed by atoms with van der Waals surface area (Å²) in [6, 6.07) is 0.339. The fraction of sp³-hybridized carbons (Fsp3) is 0.818. The molecule has 1 aromatic rings. The van der Waals surface area contributed by atoms with E-state index in [4.69, 9.17) is 4.74 Å². The summed E-state index contributed by atoms with van der Waals surface area (Å²) in [4.78, 5) is 4.23. The van der Waals surface area contributed by atoms with E-state index in [0.717, 1.165) is 25.3 Å². The molecule has 1 aliphatic rings. The first kappa shape index (κ1) is 11.5. The molecule has 2 heterocycles. The highest BCUT2D eigenvalue weighted by molar-refractivity contribution is 4.84. The van der Waals surface area contributed by atoms with E-state index in [2.05, 4.69) is 29.2 Å². The highest BCUT2D eigenvalue weighted by Crippen LogP contribution is 2.11. The monoisotopic (exact) mass is 224 g/mol. The second-order valence-electron chi connectivity index (χ2n) is 4.49. The Morgan fingerprint density at radius 3 is 3.19 bits per heavy atom. The van der Waals surface area contributed by atoms with Crippen molar-refractivity contribution in [2.45, 2.75) is 45.4 Å². The first-order chi connectivity index (χ1) is 7.77. The van der Waals surface area contributed by atoms with Crippen molar-refractivity contribution in [3.8, 4) is 0 Å². The molecule has 0 radical (unpaired) electrons. The Bertz CT molecular complexity index is 318. The molecule has 1 fully saturated rings. The fourth-order valence-electron chi connectivity index (χ4n) is 1.96. The van der Waals surface area contributed by atoms with Gasteiger partial charge in [-0.1, -0.05) is 0 Å². The number of nitrogens with zero attached hydrogens (tertiary/aromatic N) is 3. The van der Waals surface area contributed by atoms with E-state index in [1.54, 1.807) is 6.33 Å². The topological polar surface area (TPSA) is 52.0 Å². The van der Waals surface area contributed by atoms with E-state index >= 15 is 0 Å². The van der Waals surface area contributed by atoms with Gasteiger partial charge >= 0.3 is 0 Å². The SMILES string of the molecule is CC(C)n1ncnc1CO[C@H]1CCCNC1. The van der Waals surface area contributed by atoms with Crippen molar-refractivity contribution in [2.24, 2.45) is 0 Å². The van der Waals surface area contributed by atoms with Crippen LogP contribution >= 0.6 is 0 Å². The zero-order chi connectivity index (χ0) is 11.4. The van der Waals surface area contributed by atoms with Gasteiger partial charge in [0.15, 0.2) is 5.82 Å². The molecule has 0 aromatic carbocycles. The molecule has 5 heteroatoms. The van der Waals surface area contributed by atoms with Gasteiger partial charge in [0, 0.05) is 12.6 Å². The average molecular weight is 224 g/mol. The van der Waals surface area contributed by atoms with Crippen LogP contribution in [0.5, 0.6) is 0 Å². The lowest BCUT2D eigenvalue weighted by Crippen LogP contribution is -2.35. The lowest BCUT2D eigenvalue weighted by Gasteiger charge is -2.23. The van der Waals surface area contributed by atoms with Gasteiger partial charge in [0.1, 0.15) is 12.9 Å². The summed E-state index contributed by atoms with van der Waals surface area (Å²) in [6.45, 7) is 6.82. The third kappa shape index (κ3) is 2.80. The smallest absolute Gasteiger partial charge is 0.153 e. The third-order valence-electron chi connectivity index (χ3n) is 2.84. The van der Waals surface area contributed by atoms with E-state index in [9.17, 15) is 0 Å². The van der Waals surface area contributed by atoms with Crippen LogP contribution in [0.4, 0.5) is 0 Å². The Labute approximate surface area is 96.2 Å². The molecule has 0 unspecified atom stereocenters. The van der Waals surface area contributed by atoms with Crippen LogP contribution in [-0.4, -0.2) is 34.0 Å². The molecule has 0 bridgehead atoms. The number of piperidine rings is 1. The molecule has 1 aromatic heterocycles. The number of ether oxygens (including phenoxy) is 1. The number of hydrogen-bond donors (Lipinski definition) is 1. The molecule has 1 atom stereocenters. The average Bonchev–Trinajstić information content (AvgIpc) is 2.76. The molecule has 0 amide bonds. The predicted molar refractivity (Wildman–Crippen MR) is 61.1 cm³/mol. The van der Waals surface area contributed by atoms with Gasteiger partial charge in [-0.05, 0) is 33.2 Å². The summed E-state index contributed by atoms with van der Waals surface area (Å²) in [7, 11) is 0. The summed E-state index contributed by atoms with van der Waals surface area (Å²) in [6.07, 6.45) is 4.26. The molecule has 2 rings (SSSR count). The van der Waals surface area contributed by atoms with Gasteiger partial charge in [-0.3, -0.25) is 0 Å². The standard InChI is InChI=1S/C11H20N4O/c1-9(2)15-11(13-8-14-15)7-16-10-4-3-5-12-6-10/h8-10,12H,3-7H2,1-2H3/t10-/m0/s1. The van der Waals surface area contributed by atoms with E-state index in [1.807, 2.05) is 4.68 Å². The molecule has 1 saturated heterocycles. The second-order valence-corrected chi connectivity index (χ2v) is 4.49. The van der Waals surface area contributed by atoms with Crippen LogP contribution < -0.4 is 5.32 Å². The quantitative estimate of drug-likeness (QED) is 0.833. The van der Waals surface area contributed by atoms with E-state index in [-0.39, 0.29) is 0 Å². The van der Waals surface area contributed by atoms with Crippen molar-refractivity contribution in [3.05, 3.63) is 12.2 Å². The van der Waals surface area contributed by atoms with Crippen LogP contribution in [0.25, 0.3) is 0 Å². The van der Waals surface area contributed by atoms with Gasteiger partial charge in [-0.15, -0.1) is 0 Å². The number of nitrogens with one attached hydrogen (secondary N) is 1. The zero-order valence-corrected chi connectivity index (χ0v) is 10.0. The van der Waals surface area contributed by atoms with Crippen LogP contribution in [0, 0.1) is 0 Å². The molecular formula is C11H20N4O. The van der Waals surface area contributed by atoms with E-state index in [0.29, 0.717) is 18.8 Å².